The molecule has 0 radical (unpaired) electrons. The van der Waals surface area contributed by atoms with Crippen molar-refractivity contribution in [2.24, 2.45) is 0 Å². The first-order valence-electron chi connectivity index (χ1n) is 9.64. The summed E-state index contributed by atoms with van der Waals surface area (Å²) in [5.74, 6) is -0.682. The molecular weight excluding hydrogens is 413 g/mol. The van der Waals surface area contributed by atoms with E-state index in [4.69, 9.17) is 16.3 Å². The van der Waals surface area contributed by atoms with Gasteiger partial charge in [-0.1, -0.05) is 29.8 Å². The first kappa shape index (κ1) is 22.1. The summed E-state index contributed by atoms with van der Waals surface area (Å²) in [5, 5.41) is 13.9. The summed E-state index contributed by atoms with van der Waals surface area (Å²) >= 11 is 6.30. The summed E-state index contributed by atoms with van der Waals surface area (Å²) in [5.41, 5.74) is 0.970. The molecule has 2 aromatic carbocycles. The van der Waals surface area contributed by atoms with Crippen LogP contribution in [0.2, 0.25) is 5.02 Å². The summed E-state index contributed by atoms with van der Waals surface area (Å²) < 4.78 is 20.2. The molecule has 1 aliphatic heterocycles. The first-order valence-corrected chi connectivity index (χ1v) is 10.0. The highest BCUT2D eigenvalue weighted by Crippen LogP contribution is 2.31. The molecule has 160 valence electrons. The van der Waals surface area contributed by atoms with Crippen molar-refractivity contribution in [1.29, 1.82) is 0 Å². The Morgan fingerprint density at radius 3 is 2.73 bits per heavy atom. The molecule has 0 bridgehead atoms. The van der Waals surface area contributed by atoms with E-state index < -0.39 is 16.8 Å². The van der Waals surface area contributed by atoms with Crippen LogP contribution in [-0.2, 0) is 16.0 Å². The summed E-state index contributed by atoms with van der Waals surface area (Å²) in [4.78, 5) is 24.8. The van der Waals surface area contributed by atoms with Gasteiger partial charge in [0.05, 0.1) is 30.1 Å². The predicted octanol–water partition coefficient (Wildman–Crippen LogP) is 3.51. The molecule has 30 heavy (non-hydrogen) atoms. The van der Waals surface area contributed by atoms with Crippen molar-refractivity contribution in [3.05, 3.63) is 74.5 Å². The molecule has 9 heteroatoms. The lowest BCUT2D eigenvalue weighted by atomic mass is 10.0. The van der Waals surface area contributed by atoms with E-state index in [2.05, 4.69) is 10.2 Å². The highest BCUT2D eigenvalue weighted by atomic mass is 35.5. The van der Waals surface area contributed by atoms with Crippen molar-refractivity contribution < 1.29 is 18.8 Å². The van der Waals surface area contributed by atoms with Crippen LogP contribution in [-0.4, -0.2) is 48.1 Å². The van der Waals surface area contributed by atoms with Crippen LogP contribution in [0.5, 0.6) is 0 Å². The van der Waals surface area contributed by atoms with Crippen LogP contribution >= 0.6 is 11.6 Å². The molecule has 2 aromatic rings. The van der Waals surface area contributed by atoms with Gasteiger partial charge in [-0.05, 0) is 24.6 Å². The minimum Gasteiger partial charge on any atom is -0.376 e. The number of nitrogens with one attached hydrogen (secondary N) is 1. The molecule has 1 N–H and O–H groups in total. The maximum absolute atomic E-state index is 14.6. The third-order valence-electron chi connectivity index (χ3n) is 5.05. The molecule has 1 aliphatic rings. The van der Waals surface area contributed by atoms with Crippen molar-refractivity contribution in [2.45, 2.75) is 25.5 Å². The third kappa shape index (κ3) is 5.53. The van der Waals surface area contributed by atoms with Crippen LogP contribution in [0.4, 0.5) is 10.1 Å². The molecule has 2 atom stereocenters. The minimum atomic E-state index is -0.490. The number of nitro groups is 1. The monoisotopic (exact) mass is 435 g/mol. The fraction of sp³-hybridized carbons (Fsp3) is 0.381. The fourth-order valence-electron chi connectivity index (χ4n) is 3.57. The van der Waals surface area contributed by atoms with Crippen LogP contribution in [0, 0.1) is 15.9 Å². The van der Waals surface area contributed by atoms with E-state index in [-0.39, 0.29) is 30.7 Å². The lowest BCUT2D eigenvalue weighted by molar-refractivity contribution is -0.384. The molecule has 1 saturated heterocycles. The SMILES string of the molecule is CC1CN(C(CNC(=O)Cc2ccc([N+](=O)[O-])cc2)c2c(F)cccc2Cl)CCO1. The van der Waals surface area contributed by atoms with Gasteiger partial charge >= 0.3 is 0 Å². The van der Waals surface area contributed by atoms with E-state index >= 15 is 0 Å². The van der Waals surface area contributed by atoms with Gasteiger partial charge in [0.1, 0.15) is 5.82 Å². The Hall–Kier alpha value is -2.55. The molecule has 1 amide bonds. The first-order chi connectivity index (χ1) is 14.3. The summed E-state index contributed by atoms with van der Waals surface area (Å²) in [7, 11) is 0. The molecule has 1 heterocycles. The lowest BCUT2D eigenvalue weighted by Gasteiger charge is -2.38. The summed E-state index contributed by atoms with van der Waals surface area (Å²) in [6.45, 7) is 3.82. The quantitative estimate of drug-likeness (QED) is 0.531. The maximum Gasteiger partial charge on any atom is 0.269 e. The number of nitro benzene ring substituents is 1. The van der Waals surface area contributed by atoms with Gasteiger partial charge < -0.3 is 10.1 Å². The Bertz CT molecular complexity index is 889. The molecule has 1 fully saturated rings. The van der Waals surface area contributed by atoms with Crippen LogP contribution in [0.3, 0.4) is 0 Å². The number of benzene rings is 2. The van der Waals surface area contributed by atoms with Gasteiger partial charge in [0, 0.05) is 42.4 Å². The predicted molar refractivity (Wildman–Crippen MR) is 111 cm³/mol. The van der Waals surface area contributed by atoms with Crippen LogP contribution in [0.1, 0.15) is 24.1 Å². The van der Waals surface area contributed by atoms with E-state index in [0.29, 0.717) is 35.8 Å². The number of hydrogen-bond donors (Lipinski definition) is 1. The highest BCUT2D eigenvalue weighted by Gasteiger charge is 2.29. The number of carbonyl (C=O) groups excluding carboxylic acids is 1. The number of amides is 1. The summed E-state index contributed by atoms with van der Waals surface area (Å²) in [6.07, 6.45) is 0.0532. The molecule has 3 rings (SSSR count). The van der Waals surface area contributed by atoms with Gasteiger partial charge in [-0.3, -0.25) is 19.8 Å². The number of carbonyl (C=O) groups is 1. The van der Waals surface area contributed by atoms with E-state index in [1.165, 1.54) is 18.2 Å². The number of morpholine rings is 1. The van der Waals surface area contributed by atoms with Crippen LogP contribution in [0.25, 0.3) is 0 Å². The van der Waals surface area contributed by atoms with Crippen molar-refractivity contribution in [2.75, 3.05) is 26.2 Å². The Balaban J connectivity index is 1.71. The minimum absolute atomic E-state index is 0.0115. The second kappa shape index (κ2) is 9.97. The summed E-state index contributed by atoms with van der Waals surface area (Å²) in [6, 6.07) is 9.92. The van der Waals surface area contributed by atoms with Crippen molar-refractivity contribution in [3.8, 4) is 0 Å². The Morgan fingerprint density at radius 1 is 1.37 bits per heavy atom. The smallest absolute Gasteiger partial charge is 0.269 e. The van der Waals surface area contributed by atoms with E-state index in [9.17, 15) is 19.3 Å². The molecule has 0 aliphatic carbocycles. The average Bonchev–Trinajstić information content (AvgIpc) is 2.70. The van der Waals surface area contributed by atoms with Crippen molar-refractivity contribution in [3.63, 3.8) is 0 Å². The molecule has 0 spiro atoms. The van der Waals surface area contributed by atoms with Gasteiger partial charge in [-0.25, -0.2) is 4.39 Å². The maximum atomic E-state index is 14.6. The number of non-ortho nitro benzene ring substituents is 1. The molecular formula is C21H23ClFN3O4. The van der Waals surface area contributed by atoms with E-state index in [1.54, 1.807) is 24.3 Å². The van der Waals surface area contributed by atoms with Gasteiger partial charge in [-0.2, -0.15) is 0 Å². The van der Waals surface area contributed by atoms with Gasteiger partial charge in [-0.15, -0.1) is 0 Å². The molecule has 7 nitrogen and oxygen atoms in total. The van der Waals surface area contributed by atoms with Gasteiger partial charge in [0.25, 0.3) is 5.69 Å². The topological polar surface area (TPSA) is 84.7 Å². The third-order valence-corrected chi connectivity index (χ3v) is 5.38. The van der Waals surface area contributed by atoms with E-state index in [1.807, 2.05) is 6.92 Å². The number of ether oxygens (including phenoxy) is 1. The normalized spacial score (nSPS) is 18.0. The average molecular weight is 436 g/mol. The zero-order valence-electron chi connectivity index (χ0n) is 16.5. The zero-order valence-corrected chi connectivity index (χ0v) is 17.3. The largest absolute Gasteiger partial charge is 0.376 e. The lowest BCUT2D eigenvalue weighted by Crippen LogP contribution is -2.47. The Labute approximate surface area is 178 Å². The molecule has 0 aromatic heterocycles. The molecule has 2 unspecified atom stereocenters. The van der Waals surface area contributed by atoms with E-state index in [0.717, 1.165) is 0 Å². The van der Waals surface area contributed by atoms with Gasteiger partial charge in [0.2, 0.25) is 5.91 Å². The van der Waals surface area contributed by atoms with Crippen molar-refractivity contribution >= 4 is 23.2 Å². The molecule has 0 saturated carbocycles. The number of halogens is 2. The number of nitrogens with zero attached hydrogens (tertiary/aromatic N) is 2. The van der Waals surface area contributed by atoms with Crippen LogP contribution < -0.4 is 5.32 Å². The number of hydrogen-bond acceptors (Lipinski definition) is 5. The second-order valence-electron chi connectivity index (χ2n) is 7.23. The zero-order chi connectivity index (χ0) is 21.7. The van der Waals surface area contributed by atoms with Gasteiger partial charge in [0.15, 0.2) is 0 Å². The Morgan fingerprint density at radius 2 is 2.10 bits per heavy atom. The van der Waals surface area contributed by atoms with Crippen molar-refractivity contribution in [1.82, 2.24) is 10.2 Å². The second-order valence-corrected chi connectivity index (χ2v) is 7.64. The number of rotatable bonds is 7. The Kier molecular flexibility index (Phi) is 7.36. The van der Waals surface area contributed by atoms with Crippen LogP contribution in [0.15, 0.2) is 42.5 Å². The standard InChI is InChI=1S/C21H23ClFN3O4/c1-14-13-25(9-10-30-14)19(21-17(22)3-2-4-18(21)23)12-24-20(27)11-15-5-7-16(8-6-15)26(28)29/h2-8,14,19H,9-13H2,1H3,(H,24,27). The fourth-order valence-corrected chi connectivity index (χ4v) is 3.85. The highest BCUT2D eigenvalue weighted by molar-refractivity contribution is 6.31.